The molecule has 2 aromatic heterocycles. The van der Waals surface area contributed by atoms with Crippen molar-refractivity contribution in [1.82, 2.24) is 9.78 Å². The van der Waals surface area contributed by atoms with Gasteiger partial charge in [-0.25, -0.2) is 0 Å². The number of hydrogen-bond donors (Lipinski definition) is 0. The van der Waals surface area contributed by atoms with E-state index < -0.39 is 0 Å². The first-order valence-corrected chi connectivity index (χ1v) is 5.63. The van der Waals surface area contributed by atoms with Crippen molar-refractivity contribution in [3.63, 3.8) is 0 Å². The summed E-state index contributed by atoms with van der Waals surface area (Å²) in [6.45, 7) is 4.20. The van der Waals surface area contributed by atoms with Crippen LogP contribution in [0, 0.1) is 13.8 Å². The summed E-state index contributed by atoms with van der Waals surface area (Å²) in [4.78, 5) is 0. The Bertz CT molecular complexity index is 691. The van der Waals surface area contributed by atoms with Crippen molar-refractivity contribution in [2.45, 2.75) is 13.8 Å². The van der Waals surface area contributed by atoms with E-state index in [0.717, 1.165) is 16.5 Å². The highest BCUT2D eigenvalue weighted by molar-refractivity contribution is 5.97. The monoisotopic (exact) mass is 226 g/mol. The number of nitrogens with zero attached hydrogens (tertiary/aromatic N) is 2. The molecule has 3 nitrogen and oxygen atoms in total. The number of aromatic nitrogens is 2. The van der Waals surface area contributed by atoms with Crippen LogP contribution in [-0.4, -0.2) is 9.78 Å². The predicted octanol–water partition coefficient (Wildman–Crippen LogP) is 3.45. The van der Waals surface area contributed by atoms with Crippen molar-refractivity contribution < 1.29 is 4.42 Å². The summed E-state index contributed by atoms with van der Waals surface area (Å²) in [5.41, 5.74) is 5.75. The number of furan rings is 1. The highest BCUT2D eigenvalue weighted by Crippen LogP contribution is 2.34. The van der Waals surface area contributed by atoms with Crippen molar-refractivity contribution in [2.24, 2.45) is 7.05 Å². The number of hydrogen-bond acceptors (Lipinski definition) is 2. The first kappa shape index (κ1) is 10.1. The standard InChI is InChI=1S/C14H14N2O/c1-9-6-10(2)14-12(4-5-17-14)13(9)11-7-15-16(3)8-11/h4-8H,1-3H3. The molecule has 0 amide bonds. The Kier molecular flexibility index (Phi) is 2.08. The van der Waals surface area contributed by atoms with E-state index >= 15 is 0 Å². The average Bonchev–Trinajstić information content (AvgIpc) is 2.87. The lowest BCUT2D eigenvalue weighted by Gasteiger charge is -2.07. The zero-order valence-electron chi connectivity index (χ0n) is 10.2. The van der Waals surface area contributed by atoms with Crippen molar-refractivity contribution in [2.75, 3.05) is 0 Å². The molecule has 86 valence electrons. The van der Waals surface area contributed by atoms with E-state index in [-0.39, 0.29) is 0 Å². The summed E-state index contributed by atoms with van der Waals surface area (Å²) in [6, 6.07) is 4.19. The molecule has 0 unspecified atom stereocenters. The molecule has 0 aliphatic heterocycles. The molecule has 0 saturated carbocycles. The van der Waals surface area contributed by atoms with Gasteiger partial charge in [0.2, 0.25) is 0 Å². The van der Waals surface area contributed by atoms with Crippen LogP contribution < -0.4 is 0 Å². The second kappa shape index (κ2) is 3.48. The van der Waals surface area contributed by atoms with Crippen molar-refractivity contribution >= 4 is 11.0 Å². The lowest BCUT2D eigenvalue weighted by molar-refractivity contribution is 0.613. The molecule has 0 N–H and O–H groups in total. The summed E-state index contributed by atoms with van der Waals surface area (Å²) in [5, 5.41) is 5.40. The highest BCUT2D eigenvalue weighted by Gasteiger charge is 2.12. The summed E-state index contributed by atoms with van der Waals surface area (Å²) in [6.07, 6.45) is 5.67. The average molecular weight is 226 g/mol. The first-order valence-electron chi connectivity index (χ1n) is 5.63. The third-order valence-corrected chi connectivity index (χ3v) is 3.11. The van der Waals surface area contributed by atoms with Crippen molar-refractivity contribution in [1.29, 1.82) is 0 Å². The van der Waals surface area contributed by atoms with Crippen LogP contribution in [0.3, 0.4) is 0 Å². The van der Waals surface area contributed by atoms with Gasteiger partial charge in [0.25, 0.3) is 0 Å². The van der Waals surface area contributed by atoms with Crippen LogP contribution in [0.1, 0.15) is 11.1 Å². The van der Waals surface area contributed by atoms with Gasteiger partial charge >= 0.3 is 0 Å². The van der Waals surface area contributed by atoms with Gasteiger partial charge < -0.3 is 4.42 Å². The quantitative estimate of drug-likeness (QED) is 0.636. The molecule has 0 aliphatic carbocycles. The van der Waals surface area contributed by atoms with Gasteiger partial charge in [-0.2, -0.15) is 5.10 Å². The molecular formula is C14H14N2O. The maximum Gasteiger partial charge on any atom is 0.137 e. The van der Waals surface area contributed by atoms with Crippen LogP contribution in [0.15, 0.2) is 35.2 Å². The lowest BCUT2D eigenvalue weighted by Crippen LogP contribution is -1.86. The summed E-state index contributed by atoms with van der Waals surface area (Å²) >= 11 is 0. The fraction of sp³-hybridized carbons (Fsp3) is 0.214. The summed E-state index contributed by atoms with van der Waals surface area (Å²) < 4.78 is 7.37. The minimum absolute atomic E-state index is 0.967. The van der Waals surface area contributed by atoms with Gasteiger partial charge in [-0.3, -0.25) is 4.68 Å². The third kappa shape index (κ3) is 1.46. The van der Waals surface area contributed by atoms with E-state index in [1.54, 1.807) is 6.26 Å². The van der Waals surface area contributed by atoms with Gasteiger partial charge in [0.1, 0.15) is 5.58 Å². The van der Waals surface area contributed by atoms with E-state index in [4.69, 9.17) is 4.42 Å². The van der Waals surface area contributed by atoms with Crippen LogP contribution >= 0.6 is 0 Å². The van der Waals surface area contributed by atoms with Gasteiger partial charge in [0, 0.05) is 24.2 Å². The van der Waals surface area contributed by atoms with Crippen LogP contribution in [0.25, 0.3) is 22.1 Å². The molecule has 1 aromatic carbocycles. The van der Waals surface area contributed by atoms with Crippen LogP contribution in [-0.2, 0) is 7.05 Å². The topological polar surface area (TPSA) is 31.0 Å². The van der Waals surface area contributed by atoms with E-state index in [0.29, 0.717) is 0 Å². The Morgan fingerprint density at radius 1 is 1.24 bits per heavy atom. The number of aryl methyl sites for hydroxylation is 3. The molecular weight excluding hydrogens is 212 g/mol. The highest BCUT2D eigenvalue weighted by atomic mass is 16.3. The molecule has 0 saturated heterocycles. The fourth-order valence-electron chi connectivity index (χ4n) is 2.42. The van der Waals surface area contributed by atoms with Crippen LogP contribution in [0.5, 0.6) is 0 Å². The molecule has 0 atom stereocenters. The van der Waals surface area contributed by atoms with Crippen molar-refractivity contribution in [3.8, 4) is 11.1 Å². The Morgan fingerprint density at radius 3 is 2.76 bits per heavy atom. The molecule has 2 heterocycles. The molecule has 17 heavy (non-hydrogen) atoms. The smallest absolute Gasteiger partial charge is 0.137 e. The Labute approximate surface area is 99.7 Å². The molecule has 0 bridgehead atoms. The van der Waals surface area contributed by atoms with Crippen molar-refractivity contribution in [3.05, 3.63) is 41.9 Å². The normalized spacial score (nSPS) is 11.2. The second-order valence-corrected chi connectivity index (χ2v) is 4.45. The zero-order valence-corrected chi connectivity index (χ0v) is 10.2. The minimum Gasteiger partial charge on any atom is -0.464 e. The van der Waals surface area contributed by atoms with Gasteiger partial charge in [-0.05, 0) is 36.6 Å². The number of fused-ring (bicyclic) bond motifs is 1. The Morgan fingerprint density at radius 2 is 2.06 bits per heavy atom. The molecule has 0 fully saturated rings. The lowest BCUT2D eigenvalue weighted by atomic mass is 9.97. The predicted molar refractivity (Wildman–Crippen MR) is 67.9 cm³/mol. The van der Waals surface area contributed by atoms with E-state index in [2.05, 4.69) is 25.0 Å². The minimum atomic E-state index is 0.967. The largest absolute Gasteiger partial charge is 0.464 e. The van der Waals surface area contributed by atoms with Gasteiger partial charge in [-0.1, -0.05) is 6.07 Å². The molecule has 3 rings (SSSR count). The van der Waals surface area contributed by atoms with Gasteiger partial charge in [0.15, 0.2) is 0 Å². The van der Waals surface area contributed by atoms with E-state index in [1.807, 2.05) is 30.2 Å². The number of benzene rings is 1. The Hall–Kier alpha value is -2.03. The first-order chi connectivity index (χ1) is 8.16. The van der Waals surface area contributed by atoms with E-state index in [1.165, 1.54) is 16.7 Å². The maximum atomic E-state index is 5.55. The molecule has 0 radical (unpaired) electrons. The zero-order chi connectivity index (χ0) is 12.0. The van der Waals surface area contributed by atoms with Crippen LogP contribution in [0.2, 0.25) is 0 Å². The van der Waals surface area contributed by atoms with Crippen LogP contribution in [0.4, 0.5) is 0 Å². The molecule has 3 aromatic rings. The maximum absolute atomic E-state index is 5.55. The summed E-state index contributed by atoms with van der Waals surface area (Å²) in [7, 11) is 1.93. The van der Waals surface area contributed by atoms with Gasteiger partial charge in [0.05, 0.1) is 12.5 Å². The Balaban J connectivity index is 2.39. The molecule has 0 spiro atoms. The molecule has 0 aliphatic rings. The SMILES string of the molecule is Cc1cc(C)c2occc2c1-c1cnn(C)c1. The van der Waals surface area contributed by atoms with Gasteiger partial charge in [-0.15, -0.1) is 0 Å². The number of rotatable bonds is 1. The third-order valence-electron chi connectivity index (χ3n) is 3.11. The second-order valence-electron chi connectivity index (χ2n) is 4.45. The fourth-order valence-corrected chi connectivity index (χ4v) is 2.42. The molecule has 3 heteroatoms. The summed E-state index contributed by atoms with van der Waals surface area (Å²) in [5.74, 6) is 0. The van der Waals surface area contributed by atoms with E-state index in [9.17, 15) is 0 Å².